The van der Waals surface area contributed by atoms with Gasteiger partial charge in [-0.2, -0.15) is 0 Å². The van der Waals surface area contributed by atoms with Crippen molar-refractivity contribution in [2.45, 2.75) is 12.0 Å². The van der Waals surface area contributed by atoms with Crippen LogP contribution >= 0.6 is 11.6 Å². The van der Waals surface area contributed by atoms with E-state index in [0.717, 1.165) is 16.0 Å². The molecular weight excluding hydrogens is 356 g/mol. The van der Waals surface area contributed by atoms with E-state index >= 15 is 0 Å². The molecule has 1 fully saturated rings. The number of rotatable bonds is 3. The summed E-state index contributed by atoms with van der Waals surface area (Å²) in [6.45, 7) is 0.410. The lowest BCUT2D eigenvalue weighted by Gasteiger charge is -2.21. The predicted octanol–water partition coefficient (Wildman–Crippen LogP) is 3.21. The molecule has 7 heteroatoms. The van der Waals surface area contributed by atoms with E-state index in [1.54, 1.807) is 12.1 Å². The van der Waals surface area contributed by atoms with E-state index in [4.69, 9.17) is 21.2 Å². The molecule has 2 unspecified atom stereocenters. The van der Waals surface area contributed by atoms with Crippen LogP contribution in [0.5, 0.6) is 0 Å². The van der Waals surface area contributed by atoms with E-state index < -0.39 is 24.0 Å². The number of hydrogen-bond acceptors (Lipinski definition) is 5. The number of amides is 2. The van der Waals surface area contributed by atoms with Gasteiger partial charge in [0.25, 0.3) is 5.91 Å². The van der Waals surface area contributed by atoms with Crippen molar-refractivity contribution in [3.05, 3.63) is 70.7 Å². The van der Waals surface area contributed by atoms with Gasteiger partial charge in [0.1, 0.15) is 6.61 Å². The van der Waals surface area contributed by atoms with Crippen molar-refractivity contribution >= 4 is 29.3 Å². The van der Waals surface area contributed by atoms with Gasteiger partial charge in [0.15, 0.2) is 0 Å². The molecule has 0 radical (unpaired) electrons. The maximum Gasteiger partial charge on any atom is 0.416 e. The number of imide groups is 1. The summed E-state index contributed by atoms with van der Waals surface area (Å²) in [5.41, 5.74) is 2.31. The molecule has 132 valence electrons. The third kappa shape index (κ3) is 2.93. The number of cyclic esters (lactones) is 1. The lowest BCUT2D eigenvalue weighted by molar-refractivity contribution is -0.139. The van der Waals surface area contributed by atoms with Crippen LogP contribution in [0.4, 0.5) is 4.79 Å². The van der Waals surface area contributed by atoms with Crippen molar-refractivity contribution in [1.29, 1.82) is 0 Å². The molecule has 1 saturated heterocycles. The highest BCUT2D eigenvalue weighted by Gasteiger charge is 2.45. The Labute approximate surface area is 154 Å². The minimum atomic E-state index is -0.922. The smallest absolute Gasteiger partial charge is 0.416 e. The summed E-state index contributed by atoms with van der Waals surface area (Å²) < 4.78 is 4.87. The van der Waals surface area contributed by atoms with E-state index in [1.165, 1.54) is 0 Å². The molecule has 2 amide bonds. The van der Waals surface area contributed by atoms with Gasteiger partial charge in [-0.3, -0.25) is 4.79 Å². The number of carbonyl (C=O) groups is 2. The Morgan fingerprint density at radius 2 is 1.85 bits per heavy atom. The largest absolute Gasteiger partial charge is 0.447 e. The second-order valence-corrected chi connectivity index (χ2v) is 6.44. The van der Waals surface area contributed by atoms with E-state index in [9.17, 15) is 9.59 Å². The van der Waals surface area contributed by atoms with Gasteiger partial charge < -0.3 is 9.57 Å². The van der Waals surface area contributed by atoms with Crippen LogP contribution in [0.2, 0.25) is 5.02 Å². The summed E-state index contributed by atoms with van der Waals surface area (Å²) in [7, 11) is 0. The van der Waals surface area contributed by atoms with Crippen molar-refractivity contribution in [2.24, 2.45) is 5.16 Å². The van der Waals surface area contributed by atoms with Crippen LogP contribution < -0.4 is 0 Å². The third-order valence-electron chi connectivity index (χ3n) is 4.43. The van der Waals surface area contributed by atoms with Crippen molar-refractivity contribution in [3.63, 3.8) is 0 Å². The molecule has 0 N–H and O–H groups in total. The number of oxime groups is 1. The molecule has 2 aromatic carbocycles. The van der Waals surface area contributed by atoms with Gasteiger partial charge in [-0.05, 0) is 17.7 Å². The van der Waals surface area contributed by atoms with Crippen LogP contribution in [-0.4, -0.2) is 41.9 Å². The summed E-state index contributed by atoms with van der Waals surface area (Å²) in [5.74, 6) is -0.882. The summed E-state index contributed by atoms with van der Waals surface area (Å²) in [6.07, 6.45) is -1.57. The van der Waals surface area contributed by atoms with Crippen molar-refractivity contribution < 1.29 is 19.2 Å². The number of nitrogens with zero attached hydrogens (tertiary/aromatic N) is 2. The standard InChI is InChI=1S/C19H15ClN2O4/c20-14-8-6-13(7-9-14)16-15(12-4-2-1-3-5-12)17(26-21-16)18(23)22-10-11-25-19(22)24/h1-9,15,17H,10-11H2. The maximum absolute atomic E-state index is 12.9. The van der Waals surface area contributed by atoms with Crippen LogP contribution in [0, 0.1) is 0 Å². The molecule has 4 rings (SSSR count). The lowest BCUT2D eigenvalue weighted by Crippen LogP contribution is -2.43. The highest BCUT2D eigenvalue weighted by Crippen LogP contribution is 2.34. The average molecular weight is 371 g/mol. The zero-order valence-corrected chi connectivity index (χ0v) is 14.4. The van der Waals surface area contributed by atoms with Gasteiger partial charge in [0.05, 0.1) is 18.2 Å². The molecule has 2 aromatic rings. The molecule has 2 aliphatic rings. The SMILES string of the molecule is O=C1OCCN1C(=O)C1ON=C(c2ccc(Cl)cc2)C1c1ccccc1. The number of hydrogen-bond donors (Lipinski definition) is 0. The predicted molar refractivity (Wildman–Crippen MR) is 95.1 cm³/mol. The highest BCUT2D eigenvalue weighted by molar-refractivity contribution is 6.30. The van der Waals surface area contributed by atoms with E-state index in [-0.39, 0.29) is 13.2 Å². The van der Waals surface area contributed by atoms with E-state index in [1.807, 2.05) is 42.5 Å². The molecule has 2 atom stereocenters. The molecule has 0 aromatic heterocycles. The van der Waals surface area contributed by atoms with Gasteiger partial charge in [-0.25, -0.2) is 9.69 Å². The minimum Gasteiger partial charge on any atom is -0.447 e. The lowest BCUT2D eigenvalue weighted by atomic mass is 9.85. The second kappa shape index (κ2) is 6.80. The first-order chi connectivity index (χ1) is 12.6. The summed E-state index contributed by atoms with van der Waals surface area (Å²) in [5, 5.41) is 4.77. The Kier molecular flexibility index (Phi) is 4.34. The average Bonchev–Trinajstić information content (AvgIpc) is 3.29. The Bertz CT molecular complexity index is 867. The molecule has 0 saturated carbocycles. The quantitative estimate of drug-likeness (QED) is 0.832. The Balaban J connectivity index is 1.70. The van der Waals surface area contributed by atoms with E-state index in [2.05, 4.69) is 5.16 Å². The molecule has 0 aliphatic carbocycles. The maximum atomic E-state index is 12.9. The fraction of sp³-hybridized carbons (Fsp3) is 0.211. The van der Waals surface area contributed by atoms with Crippen molar-refractivity contribution in [1.82, 2.24) is 4.90 Å². The fourth-order valence-electron chi connectivity index (χ4n) is 3.16. The molecular formula is C19H15ClN2O4. The highest BCUT2D eigenvalue weighted by atomic mass is 35.5. The summed E-state index contributed by atoms with van der Waals surface area (Å²) in [6, 6.07) is 16.7. The first-order valence-corrected chi connectivity index (χ1v) is 8.55. The number of benzene rings is 2. The van der Waals surface area contributed by atoms with Crippen LogP contribution in [0.15, 0.2) is 59.8 Å². The second-order valence-electron chi connectivity index (χ2n) is 6.00. The molecule has 2 aliphatic heterocycles. The van der Waals surface area contributed by atoms with Crippen LogP contribution in [0.3, 0.4) is 0 Å². The fourth-order valence-corrected chi connectivity index (χ4v) is 3.28. The normalized spacial score (nSPS) is 22.0. The number of carbonyl (C=O) groups excluding carboxylic acids is 2. The first-order valence-electron chi connectivity index (χ1n) is 8.18. The monoisotopic (exact) mass is 370 g/mol. The van der Waals surface area contributed by atoms with Crippen LogP contribution in [0.25, 0.3) is 0 Å². The van der Waals surface area contributed by atoms with Gasteiger partial charge in [-0.1, -0.05) is 59.2 Å². The van der Waals surface area contributed by atoms with Crippen LogP contribution in [-0.2, 0) is 14.4 Å². The zero-order chi connectivity index (χ0) is 18.1. The molecule has 2 heterocycles. The molecule has 0 bridgehead atoms. The Hall–Kier alpha value is -2.86. The van der Waals surface area contributed by atoms with Gasteiger partial charge >= 0.3 is 6.09 Å². The molecule has 26 heavy (non-hydrogen) atoms. The zero-order valence-electron chi connectivity index (χ0n) is 13.7. The third-order valence-corrected chi connectivity index (χ3v) is 4.68. The first kappa shape index (κ1) is 16.6. The molecule has 0 spiro atoms. The number of ether oxygens (including phenoxy) is 1. The van der Waals surface area contributed by atoms with Gasteiger partial charge in [0, 0.05) is 10.6 Å². The summed E-state index contributed by atoms with van der Waals surface area (Å²) in [4.78, 5) is 31.2. The topological polar surface area (TPSA) is 68.2 Å². The van der Waals surface area contributed by atoms with Gasteiger partial charge in [0.2, 0.25) is 6.10 Å². The van der Waals surface area contributed by atoms with Gasteiger partial charge in [-0.15, -0.1) is 0 Å². The Morgan fingerprint density at radius 1 is 1.12 bits per heavy atom. The van der Waals surface area contributed by atoms with E-state index in [0.29, 0.717) is 10.7 Å². The molecule has 6 nitrogen and oxygen atoms in total. The minimum absolute atomic E-state index is 0.193. The summed E-state index contributed by atoms with van der Waals surface area (Å²) >= 11 is 5.97. The Morgan fingerprint density at radius 3 is 2.50 bits per heavy atom. The number of halogens is 1. The van der Waals surface area contributed by atoms with Crippen molar-refractivity contribution in [3.8, 4) is 0 Å². The van der Waals surface area contributed by atoms with Crippen molar-refractivity contribution in [2.75, 3.05) is 13.2 Å². The van der Waals surface area contributed by atoms with Crippen LogP contribution in [0.1, 0.15) is 17.0 Å².